The van der Waals surface area contributed by atoms with Crippen LogP contribution in [0, 0.1) is 0 Å². The quantitative estimate of drug-likeness (QED) is 0.603. The van der Waals surface area contributed by atoms with Crippen LogP contribution in [0.5, 0.6) is 0 Å². The predicted molar refractivity (Wildman–Crippen MR) is 103 cm³/mol. The molecule has 1 aliphatic rings. The second kappa shape index (κ2) is 10.1. The minimum absolute atomic E-state index is 0.111. The Bertz CT molecular complexity index is 542. The molecule has 2 atom stereocenters. The Balaban J connectivity index is 1.95. The summed E-state index contributed by atoms with van der Waals surface area (Å²) in [5, 5.41) is 0.257. The van der Waals surface area contributed by atoms with Crippen molar-refractivity contribution < 1.29 is 14.3 Å². The van der Waals surface area contributed by atoms with Crippen molar-refractivity contribution in [2.75, 3.05) is 6.61 Å². The number of hydrogen-bond donors (Lipinski definition) is 0. The van der Waals surface area contributed by atoms with E-state index in [2.05, 4.69) is 6.92 Å². The smallest absolute Gasteiger partial charge is 0.367 e. The standard InChI is InChI=1S/C19H26O3S2/c1-3-7-14-10-12-15(13-11-14)18(20)23-16-8-5-6-9-17(16)24-19(21)22-4-2/h10-13,16-17H,3-9H2,1-2H3. The first kappa shape index (κ1) is 19.4. The molecule has 2 rings (SSSR count). The van der Waals surface area contributed by atoms with Gasteiger partial charge in [0.1, 0.15) is 0 Å². The minimum atomic E-state index is -0.216. The van der Waals surface area contributed by atoms with Gasteiger partial charge in [-0.3, -0.25) is 4.79 Å². The van der Waals surface area contributed by atoms with Gasteiger partial charge in [-0.15, -0.1) is 0 Å². The highest BCUT2D eigenvalue weighted by molar-refractivity contribution is 8.17. The molecular formula is C19H26O3S2. The number of hydrogen-bond acceptors (Lipinski definition) is 5. The Morgan fingerprint density at radius 3 is 2.25 bits per heavy atom. The van der Waals surface area contributed by atoms with E-state index in [-0.39, 0.29) is 20.9 Å². The SMILES string of the molecule is CCCc1ccc(C(=O)SC2CCCCC2SC(=O)OCC)cc1. The predicted octanol–water partition coefficient (Wildman–Crippen LogP) is 5.71. The van der Waals surface area contributed by atoms with Crippen molar-refractivity contribution in [1.82, 2.24) is 0 Å². The van der Waals surface area contributed by atoms with E-state index in [4.69, 9.17) is 4.74 Å². The highest BCUT2D eigenvalue weighted by Crippen LogP contribution is 2.38. The van der Waals surface area contributed by atoms with Crippen molar-refractivity contribution in [3.63, 3.8) is 0 Å². The lowest BCUT2D eigenvalue weighted by molar-refractivity contribution is 0.108. The largest absolute Gasteiger partial charge is 0.458 e. The van der Waals surface area contributed by atoms with Crippen LogP contribution < -0.4 is 0 Å². The summed E-state index contributed by atoms with van der Waals surface area (Å²) in [5.41, 5.74) is 2.03. The Morgan fingerprint density at radius 1 is 1.04 bits per heavy atom. The fourth-order valence-electron chi connectivity index (χ4n) is 2.91. The highest BCUT2D eigenvalue weighted by Gasteiger charge is 2.31. The summed E-state index contributed by atoms with van der Waals surface area (Å²) < 4.78 is 5.05. The van der Waals surface area contributed by atoms with Gasteiger partial charge >= 0.3 is 5.30 Å². The van der Waals surface area contributed by atoms with Crippen molar-refractivity contribution in [3.8, 4) is 0 Å². The van der Waals surface area contributed by atoms with Crippen LogP contribution in [0.25, 0.3) is 0 Å². The Morgan fingerprint density at radius 2 is 1.67 bits per heavy atom. The molecule has 1 fully saturated rings. The molecule has 5 heteroatoms. The summed E-state index contributed by atoms with van der Waals surface area (Å²) in [6.07, 6.45) is 6.36. The highest BCUT2D eigenvalue weighted by atomic mass is 32.2. The molecule has 0 radical (unpaired) electrons. The molecule has 1 aliphatic carbocycles. The zero-order valence-corrected chi connectivity index (χ0v) is 16.1. The first-order chi connectivity index (χ1) is 11.6. The third-order valence-electron chi connectivity index (χ3n) is 4.14. The van der Waals surface area contributed by atoms with Crippen LogP contribution in [-0.2, 0) is 11.2 Å². The second-order valence-corrected chi connectivity index (χ2v) is 8.40. The third kappa shape index (κ3) is 5.85. The third-order valence-corrected chi connectivity index (χ3v) is 6.80. The van der Waals surface area contributed by atoms with E-state index >= 15 is 0 Å². The summed E-state index contributed by atoms with van der Waals surface area (Å²) in [6.45, 7) is 4.37. The van der Waals surface area contributed by atoms with Gasteiger partial charge in [0.25, 0.3) is 0 Å². The maximum Gasteiger partial charge on any atom is 0.367 e. The van der Waals surface area contributed by atoms with Crippen molar-refractivity contribution in [1.29, 1.82) is 0 Å². The van der Waals surface area contributed by atoms with Crippen molar-refractivity contribution in [2.24, 2.45) is 0 Å². The van der Waals surface area contributed by atoms with E-state index in [9.17, 15) is 9.59 Å². The molecule has 0 heterocycles. The fourth-order valence-corrected chi connectivity index (χ4v) is 5.37. The molecule has 0 bridgehead atoms. The summed E-state index contributed by atoms with van der Waals surface area (Å²) in [5.74, 6) is 0. The number of benzene rings is 1. The van der Waals surface area contributed by atoms with Crippen LogP contribution in [0.3, 0.4) is 0 Å². The lowest BCUT2D eigenvalue weighted by Crippen LogP contribution is -2.27. The summed E-state index contributed by atoms with van der Waals surface area (Å²) in [6, 6.07) is 7.94. The first-order valence-electron chi connectivity index (χ1n) is 8.77. The van der Waals surface area contributed by atoms with Gasteiger partial charge in [-0.05, 0) is 43.5 Å². The number of aryl methyl sites for hydroxylation is 1. The number of carbonyl (C=O) groups excluding carboxylic acids is 2. The maximum absolute atomic E-state index is 12.6. The van der Waals surface area contributed by atoms with Gasteiger partial charge in [0.2, 0.25) is 5.12 Å². The molecule has 0 spiro atoms. The monoisotopic (exact) mass is 366 g/mol. The topological polar surface area (TPSA) is 43.4 Å². The Labute approximate surface area is 153 Å². The molecule has 0 aliphatic heterocycles. The van der Waals surface area contributed by atoms with Gasteiger partial charge < -0.3 is 4.74 Å². The molecular weight excluding hydrogens is 340 g/mol. The lowest BCUT2D eigenvalue weighted by Gasteiger charge is -2.29. The fraction of sp³-hybridized carbons (Fsp3) is 0.579. The van der Waals surface area contributed by atoms with Crippen molar-refractivity contribution in [2.45, 2.75) is 62.9 Å². The van der Waals surface area contributed by atoms with Crippen molar-refractivity contribution in [3.05, 3.63) is 35.4 Å². The summed E-state index contributed by atoms with van der Waals surface area (Å²) in [4.78, 5) is 24.3. The number of thioether (sulfide) groups is 2. The molecule has 1 saturated carbocycles. The van der Waals surface area contributed by atoms with Crippen LogP contribution in [-0.4, -0.2) is 27.5 Å². The van der Waals surface area contributed by atoms with Crippen LogP contribution in [0.15, 0.2) is 24.3 Å². The molecule has 2 unspecified atom stereocenters. The van der Waals surface area contributed by atoms with Crippen molar-refractivity contribution >= 4 is 33.9 Å². The van der Waals surface area contributed by atoms with Gasteiger partial charge in [0.15, 0.2) is 0 Å². The van der Waals surface area contributed by atoms with E-state index < -0.39 is 0 Å². The van der Waals surface area contributed by atoms with Gasteiger partial charge in [-0.1, -0.05) is 62.2 Å². The van der Waals surface area contributed by atoms with E-state index in [1.54, 1.807) is 0 Å². The Hall–Kier alpha value is -0.940. The molecule has 1 aromatic carbocycles. The number of ether oxygens (including phenoxy) is 1. The average molecular weight is 367 g/mol. The molecule has 132 valence electrons. The summed E-state index contributed by atoms with van der Waals surface area (Å²) >= 11 is 2.66. The summed E-state index contributed by atoms with van der Waals surface area (Å²) in [7, 11) is 0. The van der Waals surface area contributed by atoms with Gasteiger partial charge in [-0.25, -0.2) is 4.79 Å². The number of carbonyl (C=O) groups is 2. The molecule has 0 saturated heterocycles. The van der Waals surface area contributed by atoms with Crippen LogP contribution in [0.2, 0.25) is 0 Å². The van der Waals surface area contributed by atoms with Crippen LogP contribution >= 0.6 is 23.5 Å². The first-order valence-corrected chi connectivity index (χ1v) is 10.5. The Kier molecular flexibility index (Phi) is 8.19. The minimum Gasteiger partial charge on any atom is -0.458 e. The van der Waals surface area contributed by atoms with E-state index in [1.165, 1.54) is 29.1 Å². The zero-order chi connectivity index (χ0) is 17.4. The van der Waals surface area contributed by atoms with E-state index in [0.717, 1.165) is 44.1 Å². The zero-order valence-electron chi connectivity index (χ0n) is 14.5. The van der Waals surface area contributed by atoms with Crippen LogP contribution in [0.1, 0.15) is 61.9 Å². The maximum atomic E-state index is 12.6. The van der Waals surface area contributed by atoms with E-state index in [1.807, 2.05) is 31.2 Å². The van der Waals surface area contributed by atoms with E-state index in [0.29, 0.717) is 6.61 Å². The molecule has 0 aromatic heterocycles. The average Bonchev–Trinajstić information content (AvgIpc) is 2.58. The molecule has 0 N–H and O–H groups in total. The molecule has 1 aromatic rings. The normalized spacial score (nSPS) is 20.6. The van der Waals surface area contributed by atoms with Gasteiger partial charge in [-0.2, -0.15) is 0 Å². The lowest BCUT2D eigenvalue weighted by atomic mass is 10.00. The number of rotatable bonds is 6. The molecule has 0 amide bonds. The van der Waals surface area contributed by atoms with Gasteiger partial charge in [0, 0.05) is 16.1 Å². The molecule has 24 heavy (non-hydrogen) atoms. The van der Waals surface area contributed by atoms with Crippen LogP contribution in [0.4, 0.5) is 4.79 Å². The second-order valence-electron chi connectivity index (χ2n) is 6.01. The molecule has 3 nitrogen and oxygen atoms in total. The van der Waals surface area contributed by atoms with Gasteiger partial charge in [0.05, 0.1) is 6.61 Å².